The molecule has 0 aromatic heterocycles. The molecule has 0 aliphatic rings. The Morgan fingerprint density at radius 3 is 2.35 bits per heavy atom. The third kappa shape index (κ3) is 4.43. The molecule has 20 heavy (non-hydrogen) atoms. The Bertz CT molecular complexity index is 484. The molecular formula is C14H19F3N2O. The Hall–Kier alpha value is -1.72. The molecule has 1 aromatic rings. The highest BCUT2D eigenvalue weighted by Gasteiger charge is 2.34. The lowest BCUT2D eigenvalue weighted by Crippen LogP contribution is -2.20. The van der Waals surface area contributed by atoms with Crippen LogP contribution >= 0.6 is 0 Å². The maximum Gasteiger partial charge on any atom is 0.417 e. The van der Waals surface area contributed by atoms with Crippen molar-refractivity contribution in [2.24, 2.45) is 11.7 Å². The Morgan fingerprint density at radius 1 is 1.30 bits per heavy atom. The van der Waals surface area contributed by atoms with Crippen LogP contribution in [0.15, 0.2) is 18.2 Å². The molecule has 1 unspecified atom stereocenters. The maximum absolute atomic E-state index is 12.8. The average molecular weight is 288 g/mol. The SMILES string of the molecule is CC(C)CC(C)Oc1ccc(C(F)(F)F)c(C(=N)N)c1. The van der Waals surface area contributed by atoms with E-state index in [1.807, 2.05) is 20.8 Å². The maximum atomic E-state index is 12.8. The van der Waals surface area contributed by atoms with Crippen LogP contribution in [0.3, 0.4) is 0 Å². The first-order valence-electron chi connectivity index (χ1n) is 6.33. The molecule has 0 saturated carbocycles. The number of amidine groups is 1. The minimum Gasteiger partial charge on any atom is -0.491 e. The number of nitrogens with two attached hydrogens (primary N) is 1. The van der Waals surface area contributed by atoms with Crippen LogP contribution < -0.4 is 10.5 Å². The van der Waals surface area contributed by atoms with E-state index in [-0.39, 0.29) is 17.4 Å². The van der Waals surface area contributed by atoms with Crippen molar-refractivity contribution < 1.29 is 17.9 Å². The van der Waals surface area contributed by atoms with E-state index in [1.165, 1.54) is 12.1 Å². The predicted molar refractivity (Wildman–Crippen MR) is 72.0 cm³/mol. The molecule has 0 bridgehead atoms. The first-order valence-corrected chi connectivity index (χ1v) is 6.33. The number of ether oxygens (including phenoxy) is 1. The molecule has 6 heteroatoms. The first-order chi connectivity index (χ1) is 9.11. The summed E-state index contributed by atoms with van der Waals surface area (Å²) >= 11 is 0. The van der Waals surface area contributed by atoms with Crippen molar-refractivity contribution in [3.63, 3.8) is 0 Å². The molecule has 0 fully saturated rings. The van der Waals surface area contributed by atoms with Gasteiger partial charge in [0.15, 0.2) is 0 Å². The number of hydrogen-bond acceptors (Lipinski definition) is 2. The van der Waals surface area contributed by atoms with Crippen LogP contribution in [0, 0.1) is 11.3 Å². The van der Waals surface area contributed by atoms with Gasteiger partial charge in [0, 0.05) is 5.56 Å². The molecule has 1 aromatic carbocycles. The lowest BCUT2D eigenvalue weighted by Gasteiger charge is -2.18. The highest BCUT2D eigenvalue weighted by atomic mass is 19.4. The number of benzene rings is 1. The predicted octanol–water partition coefficient (Wildman–Crippen LogP) is 3.80. The molecule has 0 saturated heterocycles. The van der Waals surface area contributed by atoms with E-state index < -0.39 is 17.6 Å². The molecule has 0 spiro atoms. The second kappa shape index (κ2) is 6.15. The van der Waals surface area contributed by atoms with Crippen LogP contribution in [-0.2, 0) is 6.18 Å². The van der Waals surface area contributed by atoms with Crippen LogP contribution in [0.4, 0.5) is 13.2 Å². The standard InChI is InChI=1S/C14H19F3N2O/c1-8(2)6-9(3)20-10-4-5-12(14(15,16)17)11(7-10)13(18)19/h4-5,7-9H,6H2,1-3H3,(H3,18,19). The van der Waals surface area contributed by atoms with Crippen LogP contribution in [-0.4, -0.2) is 11.9 Å². The van der Waals surface area contributed by atoms with E-state index in [9.17, 15) is 13.2 Å². The molecule has 0 radical (unpaired) electrons. The Morgan fingerprint density at radius 2 is 1.90 bits per heavy atom. The zero-order valence-corrected chi connectivity index (χ0v) is 11.7. The van der Waals surface area contributed by atoms with Crippen LogP contribution in [0.2, 0.25) is 0 Å². The number of halogens is 3. The monoisotopic (exact) mass is 288 g/mol. The van der Waals surface area contributed by atoms with Gasteiger partial charge in [-0.05, 0) is 37.5 Å². The second-order valence-corrected chi connectivity index (χ2v) is 5.18. The quantitative estimate of drug-likeness (QED) is 0.639. The minimum atomic E-state index is -4.54. The number of alkyl halides is 3. The number of nitrogens with one attached hydrogen (secondary N) is 1. The summed E-state index contributed by atoms with van der Waals surface area (Å²) in [4.78, 5) is 0. The fraction of sp³-hybridized carbons (Fsp3) is 0.500. The number of rotatable bonds is 5. The molecule has 0 amide bonds. The average Bonchev–Trinajstić information content (AvgIpc) is 2.25. The van der Waals surface area contributed by atoms with E-state index in [1.54, 1.807) is 0 Å². The summed E-state index contributed by atoms with van der Waals surface area (Å²) in [6.07, 6.45) is -3.87. The van der Waals surface area contributed by atoms with Gasteiger partial charge in [0.2, 0.25) is 0 Å². The zero-order chi connectivity index (χ0) is 15.5. The van der Waals surface area contributed by atoms with Crippen molar-refractivity contribution in [2.45, 2.75) is 39.5 Å². The first kappa shape index (κ1) is 16.3. The lowest BCUT2D eigenvalue weighted by molar-refractivity contribution is -0.137. The van der Waals surface area contributed by atoms with Crippen molar-refractivity contribution in [2.75, 3.05) is 0 Å². The fourth-order valence-corrected chi connectivity index (χ4v) is 2.01. The largest absolute Gasteiger partial charge is 0.491 e. The minimum absolute atomic E-state index is 0.119. The van der Waals surface area contributed by atoms with Crippen molar-refractivity contribution in [3.8, 4) is 5.75 Å². The van der Waals surface area contributed by atoms with Crippen LogP contribution in [0.1, 0.15) is 38.3 Å². The summed E-state index contributed by atoms with van der Waals surface area (Å²) in [5, 5.41) is 7.27. The van der Waals surface area contributed by atoms with Crippen molar-refractivity contribution in [1.29, 1.82) is 5.41 Å². The molecule has 0 aliphatic carbocycles. The summed E-state index contributed by atoms with van der Waals surface area (Å²) < 4.78 is 43.9. The van der Waals surface area contributed by atoms with Gasteiger partial charge < -0.3 is 10.5 Å². The third-order valence-corrected chi connectivity index (χ3v) is 2.73. The summed E-state index contributed by atoms with van der Waals surface area (Å²) in [6, 6.07) is 3.32. The fourth-order valence-electron chi connectivity index (χ4n) is 2.01. The van der Waals surface area contributed by atoms with E-state index >= 15 is 0 Å². The van der Waals surface area contributed by atoms with Gasteiger partial charge in [0.05, 0.1) is 11.7 Å². The van der Waals surface area contributed by atoms with Gasteiger partial charge in [-0.1, -0.05) is 13.8 Å². The summed E-state index contributed by atoms with van der Waals surface area (Å²) in [5.74, 6) is 0.0855. The van der Waals surface area contributed by atoms with Gasteiger partial charge in [-0.15, -0.1) is 0 Å². The highest BCUT2D eigenvalue weighted by Crippen LogP contribution is 2.34. The Balaban J connectivity index is 3.02. The van der Waals surface area contributed by atoms with E-state index in [0.29, 0.717) is 5.92 Å². The number of nitrogen functional groups attached to an aromatic ring is 1. The Kier molecular flexibility index (Phi) is 5.03. The van der Waals surface area contributed by atoms with Gasteiger partial charge >= 0.3 is 6.18 Å². The second-order valence-electron chi connectivity index (χ2n) is 5.18. The van der Waals surface area contributed by atoms with Crippen LogP contribution in [0.5, 0.6) is 5.75 Å². The van der Waals surface area contributed by atoms with Crippen molar-refractivity contribution in [1.82, 2.24) is 0 Å². The number of hydrogen-bond donors (Lipinski definition) is 2. The van der Waals surface area contributed by atoms with E-state index in [4.69, 9.17) is 15.9 Å². The van der Waals surface area contributed by atoms with Crippen LogP contribution in [0.25, 0.3) is 0 Å². The molecule has 1 rings (SSSR count). The molecule has 3 nitrogen and oxygen atoms in total. The summed E-state index contributed by atoms with van der Waals surface area (Å²) in [7, 11) is 0. The highest BCUT2D eigenvalue weighted by molar-refractivity contribution is 5.97. The smallest absolute Gasteiger partial charge is 0.417 e. The molecule has 3 N–H and O–H groups in total. The lowest BCUT2D eigenvalue weighted by atomic mass is 10.0. The Labute approximate surface area is 116 Å². The molecule has 0 aliphatic heterocycles. The molecule has 1 atom stereocenters. The topological polar surface area (TPSA) is 59.1 Å². The zero-order valence-electron chi connectivity index (χ0n) is 11.7. The van der Waals surface area contributed by atoms with Crippen molar-refractivity contribution >= 4 is 5.84 Å². The molecular weight excluding hydrogens is 269 g/mol. The summed E-state index contributed by atoms with van der Waals surface area (Å²) in [6.45, 7) is 5.92. The van der Waals surface area contributed by atoms with Gasteiger partial charge in [-0.25, -0.2) is 0 Å². The molecule has 0 heterocycles. The summed E-state index contributed by atoms with van der Waals surface area (Å²) in [5.41, 5.74) is 3.94. The normalized spacial score (nSPS) is 13.3. The molecule has 112 valence electrons. The van der Waals surface area contributed by atoms with E-state index in [0.717, 1.165) is 12.5 Å². The van der Waals surface area contributed by atoms with Gasteiger partial charge in [0.1, 0.15) is 11.6 Å². The van der Waals surface area contributed by atoms with Gasteiger partial charge in [-0.2, -0.15) is 13.2 Å². The van der Waals surface area contributed by atoms with Crippen molar-refractivity contribution in [3.05, 3.63) is 29.3 Å². The van der Waals surface area contributed by atoms with E-state index in [2.05, 4.69) is 0 Å². The van der Waals surface area contributed by atoms with Gasteiger partial charge in [-0.3, -0.25) is 5.41 Å². The van der Waals surface area contributed by atoms with Gasteiger partial charge in [0.25, 0.3) is 0 Å². The third-order valence-electron chi connectivity index (χ3n) is 2.73.